The van der Waals surface area contributed by atoms with E-state index in [1.165, 1.54) is 6.07 Å². The number of hydrogen-bond donors (Lipinski definition) is 1. The summed E-state index contributed by atoms with van der Waals surface area (Å²) in [6.07, 6.45) is -1.02. The van der Waals surface area contributed by atoms with Gasteiger partial charge in [0.1, 0.15) is 11.2 Å². The summed E-state index contributed by atoms with van der Waals surface area (Å²) in [6, 6.07) is 5.00. The van der Waals surface area contributed by atoms with Crippen LogP contribution in [0.5, 0.6) is 0 Å². The van der Waals surface area contributed by atoms with Crippen LogP contribution in [-0.4, -0.2) is 53.5 Å². The highest BCUT2D eigenvalue weighted by Crippen LogP contribution is 2.37. The van der Waals surface area contributed by atoms with E-state index in [4.69, 9.17) is 21.1 Å². The number of carbonyl (C=O) groups excluding carboxylic acids is 2. The predicted octanol–water partition coefficient (Wildman–Crippen LogP) is 5.39. The van der Waals surface area contributed by atoms with Crippen molar-refractivity contribution < 1.29 is 19.1 Å². The van der Waals surface area contributed by atoms with Crippen LogP contribution in [0.15, 0.2) is 12.1 Å². The molecule has 2 atom stereocenters. The minimum Gasteiger partial charge on any atom is -0.444 e. The number of rotatable bonds is 2. The SMILES string of the molecule is C[C@@H]1CN(c2cc(C#N)cc(NC(=O)OC(C)(C)C)c2Cl)C[C@H](C)N1C(=O)OC(C)(C)C. The van der Waals surface area contributed by atoms with Gasteiger partial charge in [-0.1, -0.05) is 11.6 Å². The first-order valence-electron chi connectivity index (χ1n) is 10.6. The molecule has 1 aromatic carbocycles. The summed E-state index contributed by atoms with van der Waals surface area (Å²) in [4.78, 5) is 28.7. The number of piperazine rings is 1. The van der Waals surface area contributed by atoms with Crippen LogP contribution < -0.4 is 10.2 Å². The topological polar surface area (TPSA) is 94.9 Å². The number of halogens is 1. The molecule has 1 fully saturated rings. The van der Waals surface area contributed by atoms with E-state index in [0.29, 0.717) is 35.1 Å². The van der Waals surface area contributed by atoms with Crippen molar-refractivity contribution in [2.45, 2.75) is 78.7 Å². The van der Waals surface area contributed by atoms with E-state index in [9.17, 15) is 14.9 Å². The maximum atomic E-state index is 12.7. The summed E-state index contributed by atoms with van der Waals surface area (Å²) in [5.74, 6) is 0. The first kappa shape index (κ1) is 25.6. The highest BCUT2D eigenvalue weighted by molar-refractivity contribution is 6.36. The standard InChI is InChI=1S/C23H33ClN4O4/c1-14-12-27(13-15(2)28(14)21(30)32-23(6,7)8)18-10-16(11-25)9-17(19(18)24)26-20(29)31-22(3,4)5/h9-10,14-15H,12-13H2,1-8H3,(H,26,29)/t14-,15+. The third-order valence-electron chi connectivity index (χ3n) is 4.68. The average molecular weight is 465 g/mol. The number of anilines is 2. The second-order valence-corrected chi connectivity index (χ2v) is 10.5. The van der Waals surface area contributed by atoms with E-state index in [0.717, 1.165) is 0 Å². The summed E-state index contributed by atoms with van der Waals surface area (Å²) in [5, 5.41) is 12.4. The molecule has 2 rings (SSSR count). The second kappa shape index (κ2) is 9.45. The third-order valence-corrected chi connectivity index (χ3v) is 5.08. The Kier molecular flexibility index (Phi) is 7.56. The van der Waals surface area contributed by atoms with Gasteiger partial charge in [0.05, 0.1) is 40.1 Å². The van der Waals surface area contributed by atoms with Crippen LogP contribution in [0, 0.1) is 11.3 Å². The molecule has 32 heavy (non-hydrogen) atoms. The summed E-state index contributed by atoms with van der Waals surface area (Å²) >= 11 is 6.64. The van der Waals surface area contributed by atoms with E-state index >= 15 is 0 Å². The third kappa shape index (κ3) is 6.67. The van der Waals surface area contributed by atoms with Gasteiger partial charge in [-0.15, -0.1) is 0 Å². The van der Waals surface area contributed by atoms with Crippen LogP contribution in [0.3, 0.4) is 0 Å². The lowest BCUT2D eigenvalue weighted by Gasteiger charge is -2.45. The van der Waals surface area contributed by atoms with Gasteiger partial charge in [0, 0.05) is 13.1 Å². The Bertz CT molecular complexity index is 902. The molecule has 1 aromatic rings. The largest absolute Gasteiger partial charge is 0.444 e. The van der Waals surface area contributed by atoms with Gasteiger partial charge in [0.25, 0.3) is 0 Å². The monoisotopic (exact) mass is 464 g/mol. The number of carbonyl (C=O) groups is 2. The lowest BCUT2D eigenvalue weighted by atomic mass is 10.1. The van der Waals surface area contributed by atoms with Gasteiger partial charge >= 0.3 is 12.2 Å². The van der Waals surface area contributed by atoms with Crippen LogP contribution in [-0.2, 0) is 9.47 Å². The summed E-state index contributed by atoms with van der Waals surface area (Å²) in [6.45, 7) is 15.7. The molecule has 9 heteroatoms. The van der Waals surface area contributed by atoms with Crippen LogP contribution >= 0.6 is 11.6 Å². The number of amides is 2. The molecular weight excluding hydrogens is 432 g/mol. The first-order valence-corrected chi connectivity index (χ1v) is 11.0. The lowest BCUT2D eigenvalue weighted by molar-refractivity contribution is 0.00564. The van der Waals surface area contributed by atoms with Gasteiger partial charge in [0.2, 0.25) is 0 Å². The maximum Gasteiger partial charge on any atom is 0.412 e. The van der Waals surface area contributed by atoms with Crippen molar-refractivity contribution in [2.24, 2.45) is 0 Å². The quantitative estimate of drug-likeness (QED) is 0.630. The number of nitriles is 1. The molecular formula is C23H33ClN4O4. The normalized spacial score (nSPS) is 19.2. The molecule has 2 amide bonds. The van der Waals surface area contributed by atoms with E-state index < -0.39 is 17.3 Å². The molecule has 0 aromatic heterocycles. The van der Waals surface area contributed by atoms with Gasteiger partial charge in [-0.3, -0.25) is 10.2 Å². The average Bonchev–Trinajstić information content (AvgIpc) is 2.59. The van der Waals surface area contributed by atoms with E-state index in [-0.39, 0.29) is 18.2 Å². The Morgan fingerprint density at radius 3 is 2.06 bits per heavy atom. The molecule has 0 bridgehead atoms. The molecule has 0 radical (unpaired) electrons. The lowest BCUT2D eigenvalue weighted by Crippen LogP contribution is -2.59. The van der Waals surface area contributed by atoms with Crippen LogP contribution in [0.1, 0.15) is 61.0 Å². The van der Waals surface area contributed by atoms with Gasteiger partial charge in [-0.25, -0.2) is 9.59 Å². The maximum absolute atomic E-state index is 12.7. The van der Waals surface area contributed by atoms with Crippen molar-refractivity contribution in [1.29, 1.82) is 5.26 Å². The second-order valence-electron chi connectivity index (χ2n) is 10.1. The Labute approximate surface area is 195 Å². The van der Waals surface area contributed by atoms with Crippen molar-refractivity contribution in [1.82, 2.24) is 4.90 Å². The van der Waals surface area contributed by atoms with Crippen molar-refractivity contribution in [3.63, 3.8) is 0 Å². The molecule has 0 spiro atoms. The molecule has 1 heterocycles. The number of nitrogens with one attached hydrogen (secondary N) is 1. The Balaban J connectivity index is 2.29. The molecule has 1 aliphatic rings. The Hall–Kier alpha value is -2.66. The number of hydrogen-bond acceptors (Lipinski definition) is 6. The molecule has 0 aliphatic carbocycles. The molecule has 1 N–H and O–H groups in total. The zero-order chi connectivity index (χ0) is 24.4. The highest BCUT2D eigenvalue weighted by Gasteiger charge is 2.36. The Morgan fingerprint density at radius 1 is 1.06 bits per heavy atom. The molecule has 1 aliphatic heterocycles. The van der Waals surface area contributed by atoms with Crippen molar-refractivity contribution in [3.05, 3.63) is 22.7 Å². The van der Waals surface area contributed by atoms with Crippen molar-refractivity contribution in [2.75, 3.05) is 23.3 Å². The van der Waals surface area contributed by atoms with Crippen molar-refractivity contribution in [3.8, 4) is 6.07 Å². The van der Waals surface area contributed by atoms with Gasteiger partial charge in [-0.05, 0) is 67.5 Å². The van der Waals surface area contributed by atoms with Crippen LogP contribution in [0.2, 0.25) is 5.02 Å². The molecule has 1 saturated heterocycles. The minimum absolute atomic E-state index is 0.155. The van der Waals surface area contributed by atoms with E-state index in [1.807, 2.05) is 39.5 Å². The van der Waals surface area contributed by atoms with E-state index in [2.05, 4.69) is 11.4 Å². The van der Waals surface area contributed by atoms with Gasteiger partial charge < -0.3 is 14.4 Å². The Morgan fingerprint density at radius 2 is 1.59 bits per heavy atom. The van der Waals surface area contributed by atoms with Gasteiger partial charge in [0.15, 0.2) is 0 Å². The highest BCUT2D eigenvalue weighted by atomic mass is 35.5. The molecule has 0 unspecified atom stereocenters. The van der Waals surface area contributed by atoms with Crippen LogP contribution in [0.4, 0.5) is 21.0 Å². The number of ether oxygens (including phenoxy) is 2. The molecule has 0 saturated carbocycles. The van der Waals surface area contributed by atoms with Gasteiger partial charge in [-0.2, -0.15) is 5.26 Å². The summed E-state index contributed by atoms with van der Waals surface area (Å²) in [5.41, 5.74) is 0.00424. The number of nitrogens with zero attached hydrogens (tertiary/aromatic N) is 3. The van der Waals surface area contributed by atoms with E-state index in [1.54, 1.807) is 31.7 Å². The fourth-order valence-corrected chi connectivity index (χ4v) is 3.88. The number of benzene rings is 1. The summed E-state index contributed by atoms with van der Waals surface area (Å²) in [7, 11) is 0. The smallest absolute Gasteiger partial charge is 0.412 e. The fourth-order valence-electron chi connectivity index (χ4n) is 3.60. The minimum atomic E-state index is -0.672. The fraction of sp³-hybridized carbons (Fsp3) is 0.609. The predicted molar refractivity (Wildman–Crippen MR) is 125 cm³/mol. The zero-order valence-corrected chi connectivity index (χ0v) is 20.8. The molecule has 176 valence electrons. The summed E-state index contributed by atoms with van der Waals surface area (Å²) < 4.78 is 10.9. The first-order chi connectivity index (χ1) is 14.6. The van der Waals surface area contributed by atoms with Crippen LogP contribution in [0.25, 0.3) is 0 Å². The zero-order valence-electron chi connectivity index (χ0n) is 20.1. The molecule has 8 nitrogen and oxygen atoms in total. The van der Waals surface area contributed by atoms with Crippen molar-refractivity contribution >= 4 is 35.2 Å².